The van der Waals surface area contributed by atoms with Gasteiger partial charge in [0.05, 0.1) is 6.61 Å². The Morgan fingerprint density at radius 3 is 2.36 bits per heavy atom. The highest BCUT2D eigenvalue weighted by Gasteiger charge is 2.00. The molecule has 0 bridgehead atoms. The molecule has 0 aromatic heterocycles. The molecule has 0 saturated carbocycles. The molecule has 0 unspecified atom stereocenters. The molecule has 0 saturated heterocycles. The second kappa shape index (κ2) is 8.02. The summed E-state index contributed by atoms with van der Waals surface area (Å²) in [7, 11) is 0. The minimum atomic E-state index is -0.829. The van der Waals surface area contributed by atoms with Crippen LogP contribution in [0.25, 0.3) is 0 Å². The van der Waals surface area contributed by atoms with Gasteiger partial charge in [0.1, 0.15) is 23.9 Å². The maximum Gasteiger partial charge on any atom is 0.303 e. The predicted octanol–water partition coefficient (Wildman–Crippen LogP) is 3.65. The van der Waals surface area contributed by atoms with Gasteiger partial charge in [-0.2, -0.15) is 0 Å². The van der Waals surface area contributed by atoms with E-state index in [1.54, 1.807) is 36.4 Å². The van der Waals surface area contributed by atoms with Gasteiger partial charge >= 0.3 is 5.97 Å². The molecule has 0 amide bonds. The molecule has 4 nitrogen and oxygen atoms in total. The van der Waals surface area contributed by atoms with E-state index in [1.807, 2.05) is 0 Å². The third-order valence-electron chi connectivity index (χ3n) is 2.92. The first kappa shape index (κ1) is 15.8. The zero-order chi connectivity index (χ0) is 15.8. The van der Waals surface area contributed by atoms with Crippen molar-refractivity contribution in [1.82, 2.24) is 0 Å². The van der Waals surface area contributed by atoms with Crippen molar-refractivity contribution in [3.05, 3.63) is 59.9 Å². The lowest BCUT2D eigenvalue weighted by Gasteiger charge is -2.08. The second-order valence-electron chi connectivity index (χ2n) is 4.74. The molecular weight excluding hydrogens is 287 g/mol. The highest BCUT2D eigenvalue weighted by atomic mass is 19.1. The van der Waals surface area contributed by atoms with E-state index in [0.29, 0.717) is 24.5 Å². The molecular formula is C17H17FO4. The minimum absolute atomic E-state index is 0.0921. The number of carbonyl (C=O) groups is 1. The molecule has 0 atom stereocenters. The number of aliphatic carboxylic acids is 1. The van der Waals surface area contributed by atoms with Crippen LogP contribution in [0, 0.1) is 5.82 Å². The van der Waals surface area contributed by atoms with Gasteiger partial charge in [0.25, 0.3) is 0 Å². The number of rotatable bonds is 8. The summed E-state index contributed by atoms with van der Waals surface area (Å²) in [5, 5.41) is 8.52. The van der Waals surface area contributed by atoms with E-state index in [9.17, 15) is 9.18 Å². The van der Waals surface area contributed by atoms with Crippen LogP contribution in [0.15, 0.2) is 48.5 Å². The van der Waals surface area contributed by atoms with E-state index < -0.39 is 5.97 Å². The molecule has 2 aromatic carbocycles. The Labute approximate surface area is 128 Å². The molecule has 0 heterocycles. The third-order valence-corrected chi connectivity index (χ3v) is 2.92. The number of hydrogen-bond acceptors (Lipinski definition) is 3. The van der Waals surface area contributed by atoms with E-state index in [0.717, 1.165) is 5.56 Å². The Morgan fingerprint density at radius 1 is 1.05 bits per heavy atom. The van der Waals surface area contributed by atoms with Crippen molar-refractivity contribution < 1.29 is 23.8 Å². The lowest BCUT2D eigenvalue weighted by molar-refractivity contribution is -0.137. The first-order valence-electron chi connectivity index (χ1n) is 6.95. The molecule has 2 rings (SSSR count). The van der Waals surface area contributed by atoms with Crippen LogP contribution < -0.4 is 9.47 Å². The van der Waals surface area contributed by atoms with Crippen molar-refractivity contribution in [2.75, 3.05) is 6.61 Å². The number of carboxylic acids is 1. The highest BCUT2D eigenvalue weighted by Crippen LogP contribution is 2.19. The number of halogens is 1. The second-order valence-corrected chi connectivity index (χ2v) is 4.74. The van der Waals surface area contributed by atoms with E-state index in [1.165, 1.54) is 12.1 Å². The lowest BCUT2D eigenvalue weighted by Crippen LogP contribution is -2.02. The summed E-state index contributed by atoms with van der Waals surface area (Å²) < 4.78 is 24.0. The van der Waals surface area contributed by atoms with E-state index in [-0.39, 0.29) is 18.8 Å². The van der Waals surface area contributed by atoms with Crippen molar-refractivity contribution in [1.29, 1.82) is 0 Å². The average molecular weight is 304 g/mol. The van der Waals surface area contributed by atoms with Crippen molar-refractivity contribution in [2.45, 2.75) is 19.4 Å². The fourth-order valence-corrected chi connectivity index (χ4v) is 1.84. The summed E-state index contributed by atoms with van der Waals surface area (Å²) in [6.07, 6.45) is 0.558. The molecule has 116 valence electrons. The number of hydrogen-bond donors (Lipinski definition) is 1. The highest BCUT2D eigenvalue weighted by molar-refractivity contribution is 5.66. The number of benzene rings is 2. The summed E-state index contributed by atoms with van der Waals surface area (Å²) in [5.41, 5.74) is 0.758. The molecule has 0 aliphatic carbocycles. The summed E-state index contributed by atoms with van der Waals surface area (Å²) in [6, 6.07) is 13.3. The third kappa shape index (κ3) is 5.44. The quantitative estimate of drug-likeness (QED) is 0.756. The standard InChI is InChI=1S/C17H17FO4/c18-14-4-1-3-13(11-14)12-22-16-8-6-15(7-9-16)21-10-2-5-17(19)20/h1,3-4,6-9,11H,2,5,10,12H2,(H,19,20). The molecule has 5 heteroatoms. The smallest absolute Gasteiger partial charge is 0.303 e. The van der Waals surface area contributed by atoms with Gasteiger partial charge in [-0.25, -0.2) is 4.39 Å². The van der Waals surface area contributed by atoms with Crippen LogP contribution in [-0.4, -0.2) is 17.7 Å². The van der Waals surface area contributed by atoms with Gasteiger partial charge in [0, 0.05) is 6.42 Å². The molecule has 2 aromatic rings. The molecule has 0 spiro atoms. The maximum absolute atomic E-state index is 13.0. The van der Waals surface area contributed by atoms with Crippen LogP contribution in [-0.2, 0) is 11.4 Å². The summed E-state index contributed by atoms with van der Waals surface area (Å²) >= 11 is 0. The minimum Gasteiger partial charge on any atom is -0.494 e. The van der Waals surface area contributed by atoms with E-state index in [4.69, 9.17) is 14.6 Å². The Morgan fingerprint density at radius 2 is 1.73 bits per heavy atom. The average Bonchev–Trinajstić information content (AvgIpc) is 2.51. The number of carboxylic acid groups (broad SMARTS) is 1. The lowest BCUT2D eigenvalue weighted by atomic mass is 10.2. The predicted molar refractivity (Wildman–Crippen MR) is 79.5 cm³/mol. The van der Waals surface area contributed by atoms with Crippen LogP contribution in [0.4, 0.5) is 4.39 Å². The SMILES string of the molecule is O=C(O)CCCOc1ccc(OCc2cccc(F)c2)cc1. The molecule has 0 radical (unpaired) electrons. The van der Waals surface area contributed by atoms with Crippen LogP contribution in [0.2, 0.25) is 0 Å². The molecule has 1 N–H and O–H groups in total. The fraction of sp³-hybridized carbons (Fsp3) is 0.235. The van der Waals surface area contributed by atoms with Crippen molar-refractivity contribution >= 4 is 5.97 Å². The normalized spacial score (nSPS) is 10.2. The summed E-state index contributed by atoms with van der Waals surface area (Å²) in [5.74, 6) is 0.196. The van der Waals surface area contributed by atoms with Gasteiger partial charge in [-0.15, -0.1) is 0 Å². The van der Waals surface area contributed by atoms with Crippen LogP contribution >= 0.6 is 0 Å². The Bertz CT molecular complexity index is 610. The maximum atomic E-state index is 13.0. The molecule has 0 aliphatic heterocycles. The Hall–Kier alpha value is -2.56. The van der Waals surface area contributed by atoms with Crippen LogP contribution in [0.1, 0.15) is 18.4 Å². The first-order valence-corrected chi connectivity index (χ1v) is 6.95. The summed E-state index contributed by atoms with van der Waals surface area (Å²) in [4.78, 5) is 10.4. The number of ether oxygens (including phenoxy) is 2. The van der Waals surface area contributed by atoms with Gasteiger partial charge in [-0.3, -0.25) is 4.79 Å². The first-order chi connectivity index (χ1) is 10.6. The van der Waals surface area contributed by atoms with Gasteiger partial charge in [0.2, 0.25) is 0 Å². The fourth-order valence-electron chi connectivity index (χ4n) is 1.84. The van der Waals surface area contributed by atoms with Crippen molar-refractivity contribution in [2.24, 2.45) is 0 Å². The van der Waals surface area contributed by atoms with E-state index in [2.05, 4.69) is 0 Å². The Kier molecular flexibility index (Phi) is 5.77. The van der Waals surface area contributed by atoms with E-state index >= 15 is 0 Å². The molecule has 0 fully saturated rings. The van der Waals surface area contributed by atoms with Crippen molar-refractivity contribution in [3.8, 4) is 11.5 Å². The molecule has 0 aliphatic rings. The van der Waals surface area contributed by atoms with Gasteiger partial charge in [-0.1, -0.05) is 12.1 Å². The Balaban J connectivity index is 1.78. The zero-order valence-electron chi connectivity index (χ0n) is 12.0. The van der Waals surface area contributed by atoms with Gasteiger partial charge in [0.15, 0.2) is 0 Å². The molecule has 22 heavy (non-hydrogen) atoms. The van der Waals surface area contributed by atoms with Gasteiger partial charge < -0.3 is 14.6 Å². The van der Waals surface area contributed by atoms with Crippen LogP contribution in [0.3, 0.4) is 0 Å². The largest absolute Gasteiger partial charge is 0.494 e. The van der Waals surface area contributed by atoms with Gasteiger partial charge in [-0.05, 0) is 48.4 Å². The van der Waals surface area contributed by atoms with Crippen molar-refractivity contribution in [3.63, 3.8) is 0 Å². The zero-order valence-corrected chi connectivity index (χ0v) is 12.0. The summed E-state index contributed by atoms with van der Waals surface area (Å²) in [6.45, 7) is 0.645. The monoisotopic (exact) mass is 304 g/mol. The topological polar surface area (TPSA) is 55.8 Å². The van der Waals surface area contributed by atoms with Crippen LogP contribution in [0.5, 0.6) is 11.5 Å².